The van der Waals surface area contributed by atoms with Crippen molar-refractivity contribution in [3.63, 3.8) is 0 Å². The van der Waals surface area contributed by atoms with Gasteiger partial charge in [0.2, 0.25) is 0 Å². The fraction of sp³-hybridized carbons (Fsp3) is 0.167. The Morgan fingerprint density at radius 1 is 0.955 bits per heavy atom. The molecule has 0 aliphatic rings. The van der Waals surface area contributed by atoms with Gasteiger partial charge in [-0.05, 0) is 23.1 Å². The maximum Gasteiger partial charge on any atom is 0.190 e. The number of fused-ring (bicyclic) bond motifs is 1. The minimum absolute atomic E-state index is 0.202. The number of phenolic OH excluding ortho intramolecular Hbond substituents is 2. The van der Waals surface area contributed by atoms with Crippen LogP contribution in [0.4, 0.5) is 0 Å². The predicted molar refractivity (Wildman–Crippen MR) is 87.4 cm³/mol. The number of aromatic nitrogens is 1. The standard InChI is InChI=1S/C18H17NO3/c1-10(2)11-3-5-12(6-4-11)14-8-16(20)13-7-17(21)18(22)9-15(13)19-14/h3-10,21-22H,1-2H3,(H,19,20). The van der Waals surface area contributed by atoms with Crippen molar-refractivity contribution in [2.24, 2.45) is 0 Å². The second-order valence-corrected chi connectivity index (χ2v) is 5.71. The summed E-state index contributed by atoms with van der Waals surface area (Å²) < 4.78 is 0. The minimum atomic E-state index is -0.299. The molecule has 0 saturated carbocycles. The van der Waals surface area contributed by atoms with Crippen LogP contribution >= 0.6 is 0 Å². The summed E-state index contributed by atoms with van der Waals surface area (Å²) in [5, 5.41) is 19.4. The summed E-state index contributed by atoms with van der Waals surface area (Å²) in [7, 11) is 0. The summed E-state index contributed by atoms with van der Waals surface area (Å²) in [6.45, 7) is 4.25. The number of hydrogen-bond donors (Lipinski definition) is 3. The van der Waals surface area contributed by atoms with E-state index in [0.29, 0.717) is 22.5 Å². The highest BCUT2D eigenvalue weighted by molar-refractivity contribution is 5.84. The highest BCUT2D eigenvalue weighted by atomic mass is 16.3. The lowest BCUT2D eigenvalue weighted by atomic mass is 10.0. The van der Waals surface area contributed by atoms with Crippen molar-refractivity contribution in [1.82, 2.24) is 4.98 Å². The molecule has 112 valence electrons. The van der Waals surface area contributed by atoms with Crippen LogP contribution in [-0.4, -0.2) is 15.2 Å². The van der Waals surface area contributed by atoms with Crippen LogP contribution in [0.2, 0.25) is 0 Å². The fourth-order valence-electron chi connectivity index (χ4n) is 2.48. The molecule has 0 amide bonds. The molecule has 3 aromatic rings. The average Bonchev–Trinajstić information content (AvgIpc) is 2.49. The molecule has 0 atom stereocenters. The third-order valence-corrected chi connectivity index (χ3v) is 3.81. The van der Waals surface area contributed by atoms with Crippen LogP contribution in [0.5, 0.6) is 11.5 Å². The van der Waals surface area contributed by atoms with Crippen molar-refractivity contribution in [1.29, 1.82) is 0 Å². The van der Waals surface area contributed by atoms with Gasteiger partial charge in [0.1, 0.15) is 0 Å². The van der Waals surface area contributed by atoms with Crippen molar-refractivity contribution >= 4 is 10.9 Å². The van der Waals surface area contributed by atoms with E-state index in [1.807, 2.05) is 24.3 Å². The van der Waals surface area contributed by atoms with Gasteiger partial charge in [-0.15, -0.1) is 0 Å². The highest BCUT2D eigenvalue weighted by Gasteiger charge is 2.09. The first-order valence-electron chi connectivity index (χ1n) is 7.15. The zero-order valence-electron chi connectivity index (χ0n) is 12.4. The first-order valence-corrected chi connectivity index (χ1v) is 7.15. The van der Waals surface area contributed by atoms with E-state index in [-0.39, 0.29) is 16.9 Å². The second-order valence-electron chi connectivity index (χ2n) is 5.71. The number of hydrogen-bond acceptors (Lipinski definition) is 3. The summed E-state index contributed by atoms with van der Waals surface area (Å²) >= 11 is 0. The molecular weight excluding hydrogens is 278 g/mol. The maximum absolute atomic E-state index is 12.2. The van der Waals surface area contributed by atoms with Crippen LogP contribution in [-0.2, 0) is 0 Å². The van der Waals surface area contributed by atoms with Crippen LogP contribution in [0.3, 0.4) is 0 Å². The number of benzene rings is 2. The molecule has 4 heteroatoms. The zero-order valence-corrected chi connectivity index (χ0v) is 12.4. The SMILES string of the molecule is CC(C)c1ccc(-c2cc(=O)c3cc(O)c(O)cc3[nH]2)cc1. The third kappa shape index (κ3) is 2.44. The predicted octanol–water partition coefficient (Wildman–Crippen LogP) is 3.73. The normalized spacial score (nSPS) is 11.2. The van der Waals surface area contributed by atoms with Crippen LogP contribution < -0.4 is 5.43 Å². The topological polar surface area (TPSA) is 73.3 Å². The first-order chi connectivity index (χ1) is 10.5. The van der Waals surface area contributed by atoms with Crippen LogP contribution in [0, 0.1) is 0 Å². The summed E-state index contributed by atoms with van der Waals surface area (Å²) in [6.07, 6.45) is 0. The van der Waals surface area contributed by atoms with E-state index in [2.05, 4.69) is 18.8 Å². The lowest BCUT2D eigenvalue weighted by Gasteiger charge is -2.09. The Hall–Kier alpha value is -2.75. The third-order valence-electron chi connectivity index (χ3n) is 3.81. The van der Waals surface area contributed by atoms with E-state index < -0.39 is 0 Å². The van der Waals surface area contributed by atoms with E-state index in [0.717, 1.165) is 5.56 Å². The van der Waals surface area contributed by atoms with Crippen molar-refractivity contribution in [2.45, 2.75) is 19.8 Å². The molecule has 0 fully saturated rings. The molecule has 3 rings (SSSR count). The molecule has 3 N–H and O–H groups in total. The van der Waals surface area contributed by atoms with Crippen LogP contribution in [0.15, 0.2) is 47.3 Å². The quantitative estimate of drug-likeness (QED) is 0.631. The molecule has 0 bridgehead atoms. The van der Waals surface area contributed by atoms with Crippen LogP contribution in [0.1, 0.15) is 25.3 Å². The molecule has 0 saturated heterocycles. The van der Waals surface area contributed by atoms with Gasteiger partial charge in [0.05, 0.1) is 5.52 Å². The second kappa shape index (κ2) is 5.22. The smallest absolute Gasteiger partial charge is 0.190 e. The molecule has 1 aromatic heterocycles. The van der Waals surface area contributed by atoms with Crippen LogP contribution in [0.25, 0.3) is 22.2 Å². The van der Waals surface area contributed by atoms with Crippen molar-refractivity contribution in [3.8, 4) is 22.8 Å². The van der Waals surface area contributed by atoms with E-state index >= 15 is 0 Å². The summed E-state index contributed by atoms with van der Waals surface area (Å²) in [6, 6.07) is 12.1. The van der Waals surface area contributed by atoms with E-state index in [4.69, 9.17) is 0 Å². The fourth-order valence-corrected chi connectivity index (χ4v) is 2.48. The van der Waals surface area contributed by atoms with Gasteiger partial charge >= 0.3 is 0 Å². The molecule has 0 spiro atoms. The number of aromatic hydroxyl groups is 2. The first kappa shape index (κ1) is 14.2. The molecule has 1 heterocycles. The molecule has 4 nitrogen and oxygen atoms in total. The van der Waals surface area contributed by atoms with Gasteiger partial charge < -0.3 is 15.2 Å². The number of H-pyrrole nitrogens is 1. The number of rotatable bonds is 2. The average molecular weight is 295 g/mol. The van der Waals surface area contributed by atoms with E-state index in [1.165, 1.54) is 23.8 Å². The molecular formula is C18H17NO3. The molecule has 0 unspecified atom stereocenters. The zero-order chi connectivity index (χ0) is 15.9. The molecule has 22 heavy (non-hydrogen) atoms. The Kier molecular flexibility index (Phi) is 3.37. The Morgan fingerprint density at radius 2 is 1.59 bits per heavy atom. The van der Waals surface area contributed by atoms with E-state index in [1.54, 1.807) is 0 Å². The Labute approximate surface area is 127 Å². The van der Waals surface area contributed by atoms with Crippen molar-refractivity contribution < 1.29 is 10.2 Å². The number of nitrogens with one attached hydrogen (secondary N) is 1. The number of pyridine rings is 1. The Balaban J connectivity index is 2.15. The van der Waals surface area contributed by atoms with Gasteiger partial charge in [-0.2, -0.15) is 0 Å². The summed E-state index contributed by atoms with van der Waals surface area (Å²) in [5.41, 5.74) is 3.10. The van der Waals surface area contributed by atoms with Gasteiger partial charge in [-0.25, -0.2) is 0 Å². The minimum Gasteiger partial charge on any atom is -0.504 e. The maximum atomic E-state index is 12.2. The number of aromatic amines is 1. The van der Waals surface area contributed by atoms with Gasteiger partial charge in [0, 0.05) is 23.2 Å². The number of phenols is 2. The largest absolute Gasteiger partial charge is 0.504 e. The molecule has 0 radical (unpaired) electrons. The molecule has 2 aromatic carbocycles. The van der Waals surface area contributed by atoms with Gasteiger partial charge in [0.15, 0.2) is 16.9 Å². The summed E-state index contributed by atoms with van der Waals surface area (Å²) in [5.74, 6) is -0.105. The highest BCUT2D eigenvalue weighted by Crippen LogP contribution is 2.29. The van der Waals surface area contributed by atoms with Gasteiger partial charge in [-0.1, -0.05) is 38.1 Å². The lowest BCUT2D eigenvalue weighted by molar-refractivity contribution is 0.405. The molecule has 0 aliphatic carbocycles. The molecule has 0 aliphatic heterocycles. The summed E-state index contributed by atoms with van der Waals surface area (Å²) in [4.78, 5) is 15.3. The van der Waals surface area contributed by atoms with Gasteiger partial charge in [-0.3, -0.25) is 4.79 Å². The Morgan fingerprint density at radius 3 is 2.23 bits per heavy atom. The van der Waals surface area contributed by atoms with Crippen molar-refractivity contribution in [2.75, 3.05) is 0 Å². The lowest BCUT2D eigenvalue weighted by Crippen LogP contribution is -2.03. The van der Waals surface area contributed by atoms with E-state index in [9.17, 15) is 15.0 Å². The van der Waals surface area contributed by atoms with Gasteiger partial charge in [0.25, 0.3) is 0 Å². The Bertz CT molecular complexity index is 893. The monoisotopic (exact) mass is 295 g/mol. The van der Waals surface area contributed by atoms with Crippen molar-refractivity contribution in [3.05, 3.63) is 58.3 Å².